The monoisotopic (exact) mass is 707 g/mol. The number of piperazine rings is 1. The summed E-state index contributed by atoms with van der Waals surface area (Å²) < 4.78 is 35.9. The highest BCUT2D eigenvalue weighted by Gasteiger charge is 2.45. The second kappa shape index (κ2) is 20.1. The summed E-state index contributed by atoms with van der Waals surface area (Å²) in [7, 11) is 0. The molecule has 0 aliphatic carbocycles. The fourth-order valence-corrected chi connectivity index (χ4v) is 7.92. The largest absolute Gasteiger partial charge is 0.378 e. The number of carbonyl (C=O) groups excluding carboxylic acids is 2. The highest BCUT2D eigenvalue weighted by molar-refractivity contribution is 6.04. The lowest BCUT2D eigenvalue weighted by atomic mass is 9.88. The number of amides is 2. The third-order valence-corrected chi connectivity index (χ3v) is 11.2. The van der Waals surface area contributed by atoms with Gasteiger partial charge in [-0.1, -0.05) is 38.3 Å². The minimum absolute atomic E-state index is 0.0793. The quantitative estimate of drug-likeness (QED) is 0.0916. The van der Waals surface area contributed by atoms with E-state index in [1.54, 1.807) is 19.9 Å². The highest BCUT2D eigenvalue weighted by Crippen LogP contribution is 2.29. The lowest BCUT2D eigenvalue weighted by Crippen LogP contribution is -2.68. The molecule has 4 aliphatic heterocycles. The van der Waals surface area contributed by atoms with Crippen molar-refractivity contribution >= 4 is 17.5 Å². The molecule has 11 nitrogen and oxygen atoms in total. The first-order valence-corrected chi connectivity index (χ1v) is 19.0. The van der Waals surface area contributed by atoms with Gasteiger partial charge in [0.05, 0.1) is 44.0 Å². The number of nitrogens with zero attached hydrogens (tertiary/aromatic N) is 5. The summed E-state index contributed by atoms with van der Waals surface area (Å²) in [6.45, 7) is 18.3. The van der Waals surface area contributed by atoms with Crippen LogP contribution in [0.25, 0.3) is 0 Å². The van der Waals surface area contributed by atoms with Gasteiger partial charge in [-0.25, -0.2) is 8.78 Å². The van der Waals surface area contributed by atoms with E-state index in [2.05, 4.69) is 50.8 Å². The Balaban J connectivity index is 1.46. The van der Waals surface area contributed by atoms with Crippen molar-refractivity contribution in [3.05, 3.63) is 24.6 Å². The maximum absolute atomic E-state index is 16.5. The summed E-state index contributed by atoms with van der Waals surface area (Å²) >= 11 is 0. The Labute approximate surface area is 299 Å². The van der Waals surface area contributed by atoms with Gasteiger partial charge in [0.25, 0.3) is 0 Å². The van der Waals surface area contributed by atoms with Gasteiger partial charge in [0, 0.05) is 63.5 Å². The van der Waals surface area contributed by atoms with Crippen LogP contribution >= 0.6 is 0 Å². The molecule has 6 atom stereocenters. The number of ether oxygens (including phenoxy) is 1. The molecule has 6 unspecified atom stereocenters. The van der Waals surface area contributed by atoms with Gasteiger partial charge in [-0.3, -0.25) is 34.6 Å². The van der Waals surface area contributed by atoms with Crippen molar-refractivity contribution in [2.75, 3.05) is 78.7 Å². The van der Waals surface area contributed by atoms with E-state index in [-0.39, 0.29) is 30.3 Å². The maximum atomic E-state index is 16.5. The second-order valence-corrected chi connectivity index (χ2v) is 14.7. The first-order chi connectivity index (χ1) is 24.1. The molecule has 50 heavy (non-hydrogen) atoms. The molecule has 0 spiro atoms. The van der Waals surface area contributed by atoms with Crippen LogP contribution in [-0.2, 0) is 14.3 Å². The topological polar surface area (TPSA) is 119 Å². The normalized spacial score (nSPS) is 27.4. The Kier molecular flexibility index (Phi) is 16.3. The Bertz CT molecular complexity index is 1150. The summed E-state index contributed by atoms with van der Waals surface area (Å²) in [6, 6.07) is -0.404. The molecular formula is C37H64F2N8O3. The predicted octanol–water partition coefficient (Wildman–Crippen LogP) is 2.73. The van der Waals surface area contributed by atoms with Crippen LogP contribution in [0.2, 0.25) is 0 Å². The minimum Gasteiger partial charge on any atom is -0.378 e. The fraction of sp³-hybridized carbons (Fsp3) is 0.811. The summed E-state index contributed by atoms with van der Waals surface area (Å²) in [5.74, 6) is -1.53. The van der Waals surface area contributed by atoms with E-state index in [1.165, 1.54) is 6.08 Å². The average molecular weight is 707 g/mol. The smallest absolute Gasteiger partial charge is 0.232 e. The molecule has 4 aliphatic rings. The zero-order valence-electron chi connectivity index (χ0n) is 31.0. The number of carbonyl (C=O) groups is 2. The number of piperidine rings is 2. The van der Waals surface area contributed by atoms with Crippen LogP contribution < -0.4 is 16.4 Å². The Hall–Kier alpha value is -2.29. The lowest BCUT2D eigenvalue weighted by Gasteiger charge is -2.49. The van der Waals surface area contributed by atoms with Gasteiger partial charge >= 0.3 is 0 Å². The van der Waals surface area contributed by atoms with E-state index < -0.39 is 36.2 Å². The van der Waals surface area contributed by atoms with Crippen LogP contribution in [0.15, 0.2) is 29.6 Å². The molecule has 4 saturated heterocycles. The second-order valence-electron chi connectivity index (χ2n) is 14.7. The van der Waals surface area contributed by atoms with E-state index in [0.29, 0.717) is 57.3 Å². The van der Waals surface area contributed by atoms with Gasteiger partial charge < -0.3 is 20.7 Å². The summed E-state index contributed by atoms with van der Waals surface area (Å²) in [5.41, 5.74) is 6.89. The summed E-state index contributed by atoms with van der Waals surface area (Å²) in [5, 5.41) is 6.31. The van der Waals surface area contributed by atoms with Gasteiger partial charge in [0.2, 0.25) is 11.8 Å². The summed E-state index contributed by atoms with van der Waals surface area (Å²) in [6.07, 6.45) is 6.61. The zero-order valence-corrected chi connectivity index (χ0v) is 31.0. The predicted molar refractivity (Wildman–Crippen MR) is 195 cm³/mol. The zero-order chi connectivity index (χ0) is 36.2. The van der Waals surface area contributed by atoms with Crippen molar-refractivity contribution in [2.24, 2.45) is 22.6 Å². The van der Waals surface area contributed by atoms with Crippen molar-refractivity contribution in [2.45, 2.75) is 103 Å². The molecule has 0 aromatic rings. The number of alkyl halides is 1. The number of rotatable bonds is 17. The van der Waals surface area contributed by atoms with Crippen LogP contribution in [0.4, 0.5) is 8.78 Å². The number of hydrogen-bond acceptors (Lipinski definition) is 9. The number of halogens is 2. The van der Waals surface area contributed by atoms with Crippen molar-refractivity contribution in [3.8, 4) is 0 Å². The number of unbranched alkanes of at least 4 members (excludes halogenated alkanes) is 2. The van der Waals surface area contributed by atoms with Gasteiger partial charge in [-0.2, -0.15) is 0 Å². The molecular weight excluding hydrogens is 642 g/mol. The number of nitrogens with two attached hydrogens (primary N) is 1. The molecule has 0 radical (unpaired) electrons. The van der Waals surface area contributed by atoms with Crippen LogP contribution in [0, 0.1) is 11.8 Å². The van der Waals surface area contributed by atoms with E-state index in [4.69, 9.17) is 10.5 Å². The third-order valence-electron chi connectivity index (χ3n) is 11.2. The number of likely N-dealkylation sites (tertiary alicyclic amines) is 2. The molecule has 0 bridgehead atoms. The molecule has 4 rings (SSSR count). The van der Waals surface area contributed by atoms with Crippen molar-refractivity contribution < 1.29 is 23.1 Å². The number of nitrogens with one attached hydrogen (secondary N) is 2. The molecule has 13 heteroatoms. The van der Waals surface area contributed by atoms with Crippen LogP contribution in [0.3, 0.4) is 0 Å². The molecule has 4 N–H and O–H groups in total. The highest BCUT2D eigenvalue weighted by atomic mass is 19.1. The standard InChI is InChI=1S/C37H64F2N8O3/c1-6-9-10-11-26(4)47-22-31(39)34(32(23-47)43-36(48)33(35(40)41-14-7-2)27(5)42-21-29(38)8-3)45-15-12-28(13-16-45)37(49)46-19-17-44(18-20-46)30-24-50-25-30/h7-8,26,28,30-35,41H,2,6,9-25,40H2,1,3-5H3,(H,43,48)/b29-8+,42-27?. The van der Waals surface area contributed by atoms with Crippen LogP contribution in [-0.4, -0.2) is 152 Å². The number of hydrogen-bond donors (Lipinski definition) is 3. The Morgan fingerprint density at radius 1 is 1.08 bits per heavy atom. The van der Waals surface area contributed by atoms with Crippen LogP contribution in [0.5, 0.6) is 0 Å². The van der Waals surface area contributed by atoms with Gasteiger partial charge in [-0.05, 0) is 53.1 Å². The van der Waals surface area contributed by atoms with E-state index in [1.807, 2.05) is 4.90 Å². The van der Waals surface area contributed by atoms with Crippen molar-refractivity contribution in [3.63, 3.8) is 0 Å². The lowest BCUT2D eigenvalue weighted by molar-refractivity contribution is -0.141. The Morgan fingerprint density at radius 2 is 1.78 bits per heavy atom. The van der Waals surface area contributed by atoms with Crippen LogP contribution in [0.1, 0.15) is 66.2 Å². The van der Waals surface area contributed by atoms with E-state index in [0.717, 1.165) is 65.1 Å². The SMILES string of the molecule is C=CCNC(N)C(C(=O)NC1CN(C(C)CCCCC)CC(F)C1N1CCC(C(=O)N2CCN(C3COC3)CC2)CC1)C(C)=NC/C(F)=C\C. The average Bonchev–Trinajstić information content (AvgIpc) is 3.09. The van der Waals surface area contributed by atoms with E-state index >= 15 is 4.39 Å². The van der Waals surface area contributed by atoms with E-state index in [9.17, 15) is 14.0 Å². The Morgan fingerprint density at radius 3 is 2.38 bits per heavy atom. The molecule has 0 saturated carbocycles. The van der Waals surface area contributed by atoms with Crippen molar-refractivity contribution in [1.82, 2.24) is 30.2 Å². The van der Waals surface area contributed by atoms with Gasteiger partial charge in [-0.15, -0.1) is 6.58 Å². The maximum Gasteiger partial charge on any atom is 0.232 e. The number of aliphatic imine (C=N–C) groups is 1. The third kappa shape index (κ3) is 10.9. The molecule has 0 aromatic carbocycles. The molecule has 2 amide bonds. The first-order valence-electron chi connectivity index (χ1n) is 19.0. The van der Waals surface area contributed by atoms with Crippen molar-refractivity contribution in [1.29, 1.82) is 0 Å². The molecule has 4 fully saturated rings. The first kappa shape index (κ1) is 40.5. The van der Waals surface area contributed by atoms with Gasteiger partial charge in [0.1, 0.15) is 17.9 Å². The summed E-state index contributed by atoms with van der Waals surface area (Å²) in [4.78, 5) is 40.8. The van der Waals surface area contributed by atoms with Gasteiger partial charge in [0.15, 0.2) is 0 Å². The molecule has 0 aromatic heterocycles. The molecule has 4 heterocycles. The minimum atomic E-state index is -1.19. The molecule has 284 valence electrons. The fourth-order valence-electron chi connectivity index (χ4n) is 7.92. The number of allylic oxidation sites excluding steroid dienone is 1.